The van der Waals surface area contributed by atoms with Crippen LogP contribution in [-0.2, 0) is 20.9 Å². The molecule has 0 bridgehead atoms. The number of aromatic amines is 2. The fraction of sp³-hybridized carbons (Fsp3) is 0.452. The van der Waals surface area contributed by atoms with E-state index in [2.05, 4.69) is 58.6 Å². The number of hydrogen-bond acceptors (Lipinski definition) is 8. The second-order valence-electron chi connectivity index (χ2n) is 16.5. The summed E-state index contributed by atoms with van der Waals surface area (Å²) in [7, 11) is 1.29. The number of nitrogens with one attached hydrogen (secondary N) is 3. The lowest BCUT2D eigenvalue weighted by Crippen LogP contribution is -2.51. The van der Waals surface area contributed by atoms with Gasteiger partial charge in [-0.1, -0.05) is 39.0 Å². The van der Waals surface area contributed by atoms with Gasteiger partial charge in [-0.2, -0.15) is 0 Å². The Balaban J connectivity index is 1.04. The second-order valence-corrected chi connectivity index (χ2v) is 16.5. The minimum Gasteiger partial charge on any atom is -0.488 e. The van der Waals surface area contributed by atoms with E-state index in [1.165, 1.54) is 7.11 Å². The van der Waals surface area contributed by atoms with Gasteiger partial charge in [0.15, 0.2) is 0 Å². The molecule has 0 aliphatic carbocycles. The number of carbonyl (C=O) groups is 3. The zero-order valence-electron chi connectivity index (χ0n) is 32.5. The van der Waals surface area contributed by atoms with E-state index >= 15 is 0 Å². The molecule has 13 nitrogen and oxygen atoms in total. The average Bonchev–Trinajstić information content (AvgIpc) is 3.97. The van der Waals surface area contributed by atoms with E-state index in [1.807, 2.05) is 51.8 Å². The Morgan fingerprint density at radius 3 is 2.58 bits per heavy atom. The topological polar surface area (TPSA) is 155 Å². The molecule has 55 heavy (non-hydrogen) atoms. The van der Waals surface area contributed by atoms with Crippen LogP contribution in [0.25, 0.3) is 44.2 Å². The number of aromatic nitrogens is 4. The SMILES string of the molecule is COC(=O)N[C@H](C(=O)N1CCC[C@H]1c1ncc(-c2ccc3c(c2)COc2cc4c(ccc5nc([C@@H]6C[C@H](C)CN6C(=O)OC(C)(C)C)[nH]c54)cc2-3)[nH]1)C(C)C. The van der Waals surface area contributed by atoms with Crippen molar-refractivity contribution in [2.45, 2.75) is 91.1 Å². The molecule has 2 aromatic heterocycles. The number of H-pyrrole nitrogens is 2. The van der Waals surface area contributed by atoms with Gasteiger partial charge >= 0.3 is 12.2 Å². The molecule has 2 fully saturated rings. The van der Waals surface area contributed by atoms with E-state index in [0.717, 1.165) is 86.4 Å². The summed E-state index contributed by atoms with van der Waals surface area (Å²) in [5, 5.41) is 4.77. The van der Waals surface area contributed by atoms with Gasteiger partial charge in [0.2, 0.25) is 5.91 Å². The smallest absolute Gasteiger partial charge is 0.410 e. The molecule has 0 spiro atoms. The zero-order valence-corrected chi connectivity index (χ0v) is 32.5. The maximum atomic E-state index is 13.6. The molecule has 13 heteroatoms. The minimum atomic E-state index is -0.691. The van der Waals surface area contributed by atoms with Gasteiger partial charge in [0.05, 0.1) is 42.1 Å². The average molecular weight is 748 g/mol. The molecule has 3 aliphatic heterocycles. The van der Waals surface area contributed by atoms with Crippen molar-refractivity contribution in [1.82, 2.24) is 35.1 Å². The lowest BCUT2D eigenvalue weighted by atomic mass is 9.92. The molecular formula is C42H49N7O6. The first-order valence-corrected chi connectivity index (χ1v) is 19.2. The van der Waals surface area contributed by atoms with Crippen molar-refractivity contribution in [3.8, 4) is 28.1 Å². The number of benzene rings is 3. The molecule has 0 radical (unpaired) electrons. The molecule has 4 atom stereocenters. The van der Waals surface area contributed by atoms with Gasteiger partial charge < -0.3 is 34.4 Å². The van der Waals surface area contributed by atoms with E-state index in [-0.39, 0.29) is 30.0 Å². The number of amides is 3. The van der Waals surface area contributed by atoms with Crippen molar-refractivity contribution >= 4 is 39.9 Å². The van der Waals surface area contributed by atoms with Gasteiger partial charge in [-0.25, -0.2) is 19.6 Å². The Morgan fingerprint density at radius 1 is 1.00 bits per heavy atom. The first-order chi connectivity index (χ1) is 26.3. The summed E-state index contributed by atoms with van der Waals surface area (Å²) in [6.07, 6.45) is 3.31. The molecule has 3 amide bonds. The summed E-state index contributed by atoms with van der Waals surface area (Å²) in [5.41, 5.74) is 6.20. The summed E-state index contributed by atoms with van der Waals surface area (Å²) in [6, 6.07) is 13.6. The molecule has 3 aromatic carbocycles. The molecule has 5 heterocycles. The third-order valence-corrected chi connectivity index (χ3v) is 11.0. The minimum absolute atomic E-state index is 0.107. The number of fused-ring (bicyclic) bond motifs is 6. The van der Waals surface area contributed by atoms with Crippen LogP contribution in [0, 0.1) is 11.8 Å². The van der Waals surface area contributed by atoms with Crippen molar-refractivity contribution < 1.29 is 28.6 Å². The Morgan fingerprint density at radius 2 is 1.82 bits per heavy atom. The first-order valence-electron chi connectivity index (χ1n) is 19.2. The van der Waals surface area contributed by atoms with Gasteiger partial charge in [0.25, 0.3) is 0 Å². The van der Waals surface area contributed by atoms with Crippen molar-refractivity contribution in [2.75, 3.05) is 20.2 Å². The summed E-state index contributed by atoms with van der Waals surface area (Å²) < 4.78 is 16.9. The number of alkyl carbamates (subject to hydrolysis) is 1. The first kappa shape index (κ1) is 36.4. The second kappa shape index (κ2) is 13.9. The summed E-state index contributed by atoms with van der Waals surface area (Å²) in [6.45, 7) is 13.2. The molecular weight excluding hydrogens is 699 g/mol. The number of nitrogens with zero attached hydrogens (tertiary/aromatic N) is 4. The van der Waals surface area contributed by atoms with Gasteiger partial charge in [-0.05, 0) is 98.2 Å². The number of likely N-dealkylation sites (tertiary alicyclic amines) is 2. The Kier molecular flexibility index (Phi) is 9.21. The summed E-state index contributed by atoms with van der Waals surface area (Å²) in [5.74, 6) is 2.37. The Hall–Kier alpha value is -5.59. The highest BCUT2D eigenvalue weighted by Gasteiger charge is 2.39. The lowest BCUT2D eigenvalue weighted by Gasteiger charge is -2.30. The predicted molar refractivity (Wildman–Crippen MR) is 208 cm³/mol. The Labute approximate surface area is 320 Å². The number of carbonyl (C=O) groups excluding carboxylic acids is 3. The van der Waals surface area contributed by atoms with Crippen LogP contribution in [0.4, 0.5) is 9.59 Å². The van der Waals surface area contributed by atoms with Gasteiger partial charge in [0.1, 0.15) is 35.6 Å². The van der Waals surface area contributed by atoms with Crippen molar-refractivity contribution in [2.24, 2.45) is 11.8 Å². The predicted octanol–water partition coefficient (Wildman–Crippen LogP) is 8.03. The van der Waals surface area contributed by atoms with E-state index in [1.54, 1.807) is 4.90 Å². The van der Waals surface area contributed by atoms with Crippen LogP contribution in [0.3, 0.4) is 0 Å². The molecule has 3 aliphatic rings. The normalized spacial score (nSPS) is 20.0. The highest BCUT2D eigenvalue weighted by atomic mass is 16.6. The number of hydrogen-bond donors (Lipinski definition) is 3. The van der Waals surface area contributed by atoms with Crippen LogP contribution in [0.2, 0.25) is 0 Å². The monoisotopic (exact) mass is 747 g/mol. The van der Waals surface area contributed by atoms with Crippen LogP contribution in [0.5, 0.6) is 5.75 Å². The maximum absolute atomic E-state index is 13.6. The van der Waals surface area contributed by atoms with E-state index in [0.29, 0.717) is 25.6 Å². The van der Waals surface area contributed by atoms with Crippen LogP contribution in [0.1, 0.15) is 90.1 Å². The molecule has 288 valence electrons. The lowest BCUT2D eigenvalue weighted by molar-refractivity contribution is -0.135. The number of methoxy groups -OCH3 is 1. The van der Waals surface area contributed by atoms with Crippen LogP contribution in [-0.4, -0.2) is 79.7 Å². The quantitative estimate of drug-likeness (QED) is 0.158. The van der Waals surface area contributed by atoms with E-state index in [9.17, 15) is 14.4 Å². The summed E-state index contributed by atoms with van der Waals surface area (Å²) >= 11 is 0. The molecule has 5 aromatic rings. The molecule has 3 N–H and O–H groups in total. The fourth-order valence-electron chi connectivity index (χ4n) is 8.31. The number of rotatable bonds is 6. The number of imidazole rings is 2. The molecule has 0 unspecified atom stereocenters. The summed E-state index contributed by atoms with van der Waals surface area (Å²) in [4.78, 5) is 59.2. The van der Waals surface area contributed by atoms with Crippen molar-refractivity contribution in [3.05, 3.63) is 65.9 Å². The van der Waals surface area contributed by atoms with Gasteiger partial charge in [-0.15, -0.1) is 0 Å². The van der Waals surface area contributed by atoms with Crippen LogP contribution in [0.15, 0.2) is 48.7 Å². The van der Waals surface area contributed by atoms with Crippen LogP contribution < -0.4 is 10.1 Å². The van der Waals surface area contributed by atoms with Crippen molar-refractivity contribution in [1.29, 1.82) is 0 Å². The standard InChI is InChI=1S/C42H49N7O6/c1-22(2)35(47-40(51)53-7)39(50)48-14-8-9-32(48)37-43-19-31(45-37)25-10-12-27-26(16-25)21-54-34-18-28-24(17-29(27)34)11-13-30-36(28)46-38(44-30)33-15-23(3)20-49(33)41(52)55-42(4,5)6/h10-13,16-19,22-23,32-33,35H,8-9,14-15,20-21H2,1-7H3,(H,43,45)(H,44,46)(H,47,51)/t23-,32-,33-,35-/m0/s1. The highest BCUT2D eigenvalue weighted by molar-refractivity contribution is 6.07. The number of ether oxygens (including phenoxy) is 3. The largest absolute Gasteiger partial charge is 0.488 e. The zero-order chi connectivity index (χ0) is 38.8. The van der Waals surface area contributed by atoms with Gasteiger partial charge in [0, 0.05) is 24.0 Å². The third-order valence-electron chi connectivity index (χ3n) is 11.0. The van der Waals surface area contributed by atoms with Gasteiger partial charge in [-0.3, -0.25) is 9.69 Å². The van der Waals surface area contributed by atoms with E-state index < -0.39 is 17.7 Å². The van der Waals surface area contributed by atoms with E-state index in [4.69, 9.17) is 24.2 Å². The Bertz CT molecular complexity index is 2300. The molecule has 8 rings (SSSR count). The molecule has 0 saturated carbocycles. The fourth-order valence-corrected chi connectivity index (χ4v) is 8.31. The third kappa shape index (κ3) is 6.85. The molecule has 2 saturated heterocycles. The van der Waals surface area contributed by atoms with Crippen molar-refractivity contribution in [3.63, 3.8) is 0 Å². The highest BCUT2D eigenvalue weighted by Crippen LogP contribution is 2.44. The maximum Gasteiger partial charge on any atom is 0.410 e. The van der Waals surface area contributed by atoms with Crippen LogP contribution >= 0.6 is 0 Å².